The van der Waals surface area contributed by atoms with E-state index in [1.165, 1.54) is 12.1 Å². The van der Waals surface area contributed by atoms with Crippen molar-refractivity contribution in [3.8, 4) is 11.5 Å². The highest BCUT2D eigenvalue weighted by Crippen LogP contribution is 2.24. The van der Waals surface area contributed by atoms with Crippen molar-refractivity contribution in [1.29, 1.82) is 0 Å². The van der Waals surface area contributed by atoms with Gasteiger partial charge in [0.15, 0.2) is 5.96 Å². The first-order chi connectivity index (χ1) is 14.1. The van der Waals surface area contributed by atoms with Crippen LogP contribution >= 0.6 is 24.0 Å². The van der Waals surface area contributed by atoms with E-state index >= 15 is 0 Å². The van der Waals surface area contributed by atoms with E-state index in [1.54, 1.807) is 21.3 Å². The molecule has 0 spiro atoms. The number of guanidine groups is 1. The maximum absolute atomic E-state index is 13.3. The lowest BCUT2D eigenvalue weighted by molar-refractivity contribution is 0.398. The lowest BCUT2D eigenvalue weighted by Crippen LogP contribution is -2.39. The van der Waals surface area contributed by atoms with E-state index in [1.807, 2.05) is 30.5 Å². The number of hydrogen-bond donors (Lipinski definition) is 3. The molecule has 0 unspecified atom stereocenters. The van der Waals surface area contributed by atoms with Gasteiger partial charge < -0.3 is 25.1 Å². The van der Waals surface area contributed by atoms with Crippen LogP contribution in [0.25, 0.3) is 10.9 Å². The van der Waals surface area contributed by atoms with Crippen molar-refractivity contribution >= 4 is 40.8 Å². The molecule has 0 saturated carbocycles. The van der Waals surface area contributed by atoms with Crippen molar-refractivity contribution in [2.24, 2.45) is 4.99 Å². The lowest BCUT2D eigenvalue weighted by atomic mass is 10.1. The molecule has 0 fully saturated rings. The van der Waals surface area contributed by atoms with Crippen molar-refractivity contribution < 1.29 is 13.9 Å². The Balaban J connectivity index is 0.00000320. The summed E-state index contributed by atoms with van der Waals surface area (Å²) in [5.74, 6) is 2.15. The number of H-pyrrole nitrogens is 1. The van der Waals surface area contributed by atoms with E-state index < -0.39 is 0 Å². The van der Waals surface area contributed by atoms with E-state index in [0.29, 0.717) is 13.1 Å². The summed E-state index contributed by atoms with van der Waals surface area (Å²) in [5.41, 5.74) is 3.03. The van der Waals surface area contributed by atoms with Gasteiger partial charge in [0.25, 0.3) is 0 Å². The third kappa shape index (κ3) is 6.01. The summed E-state index contributed by atoms with van der Waals surface area (Å²) in [5, 5.41) is 7.68. The van der Waals surface area contributed by atoms with Gasteiger partial charge in [-0.2, -0.15) is 0 Å². The first-order valence-electron chi connectivity index (χ1n) is 9.55. The molecule has 0 radical (unpaired) electrons. The van der Waals surface area contributed by atoms with Crippen molar-refractivity contribution in [3.63, 3.8) is 0 Å². The maximum atomic E-state index is 13.3. The number of benzene rings is 2. The molecule has 0 saturated heterocycles. The first kappa shape index (κ1) is 23.8. The second kappa shape index (κ2) is 11.6. The third-order valence-corrected chi connectivity index (χ3v) is 4.81. The van der Waals surface area contributed by atoms with Crippen LogP contribution in [0.4, 0.5) is 4.39 Å². The fourth-order valence-electron chi connectivity index (χ4n) is 3.29. The number of methoxy groups -OCH3 is 2. The zero-order valence-electron chi connectivity index (χ0n) is 17.4. The Kier molecular flexibility index (Phi) is 9.22. The van der Waals surface area contributed by atoms with Crippen molar-refractivity contribution in [3.05, 3.63) is 59.5 Å². The Bertz CT molecular complexity index is 990. The topological polar surface area (TPSA) is 70.7 Å². The number of ether oxygens (including phenoxy) is 2. The van der Waals surface area contributed by atoms with E-state index in [0.717, 1.165) is 52.3 Å². The molecule has 0 aliphatic heterocycles. The van der Waals surface area contributed by atoms with Crippen LogP contribution in [0, 0.1) is 5.82 Å². The highest BCUT2D eigenvalue weighted by Gasteiger charge is 2.07. The lowest BCUT2D eigenvalue weighted by Gasteiger charge is -2.14. The van der Waals surface area contributed by atoms with Gasteiger partial charge in [-0.15, -0.1) is 24.0 Å². The number of aliphatic imine (C=N–C) groups is 1. The van der Waals surface area contributed by atoms with Gasteiger partial charge in [-0.1, -0.05) is 0 Å². The molecule has 0 aliphatic rings. The average molecular weight is 526 g/mol. The van der Waals surface area contributed by atoms with Gasteiger partial charge in [0.2, 0.25) is 0 Å². The molecule has 2 aromatic carbocycles. The number of aromatic nitrogens is 1. The van der Waals surface area contributed by atoms with E-state index in [4.69, 9.17) is 9.47 Å². The van der Waals surface area contributed by atoms with Gasteiger partial charge in [0.05, 0.1) is 14.2 Å². The molecule has 6 nitrogen and oxygen atoms in total. The van der Waals surface area contributed by atoms with Crippen LogP contribution in [0.2, 0.25) is 0 Å². The molecule has 30 heavy (non-hydrogen) atoms. The van der Waals surface area contributed by atoms with E-state index in [-0.39, 0.29) is 29.8 Å². The molecule has 1 aromatic heterocycles. The van der Waals surface area contributed by atoms with Crippen LogP contribution in [-0.4, -0.2) is 45.3 Å². The minimum Gasteiger partial charge on any atom is -0.497 e. The number of rotatable bonds is 8. The smallest absolute Gasteiger partial charge is 0.190 e. The second-order valence-electron chi connectivity index (χ2n) is 6.61. The molecule has 3 N–H and O–H groups in total. The normalized spacial score (nSPS) is 11.1. The largest absolute Gasteiger partial charge is 0.497 e. The van der Waals surface area contributed by atoms with E-state index in [9.17, 15) is 4.39 Å². The van der Waals surface area contributed by atoms with Crippen LogP contribution in [0.5, 0.6) is 11.5 Å². The van der Waals surface area contributed by atoms with Crippen LogP contribution < -0.4 is 20.1 Å². The SMILES string of the molecule is CN=C(NCCc1cc(OC)ccc1OC)NCCc1c[nH]c2cc(F)ccc12.I. The minimum atomic E-state index is -0.235. The van der Waals surface area contributed by atoms with Crippen molar-refractivity contribution in [2.75, 3.05) is 34.4 Å². The Labute approximate surface area is 193 Å². The standard InChI is InChI=1S/C22H27FN4O2.HI/c1-24-22(25-10-8-15-12-18(28-2)5-7-21(15)29-3)26-11-9-16-14-27-20-13-17(23)4-6-19(16)20;/h4-7,12-14,27H,8-11H2,1-3H3,(H2,24,25,26);1H. The highest BCUT2D eigenvalue weighted by molar-refractivity contribution is 14.0. The average Bonchev–Trinajstić information content (AvgIpc) is 3.14. The molecule has 1 heterocycles. The number of hydrogen-bond acceptors (Lipinski definition) is 3. The van der Waals surface area contributed by atoms with Gasteiger partial charge in [-0.05, 0) is 60.4 Å². The summed E-state index contributed by atoms with van der Waals surface area (Å²) in [6, 6.07) is 10.6. The predicted octanol–water partition coefficient (Wildman–Crippen LogP) is 3.89. The van der Waals surface area contributed by atoms with Crippen LogP contribution in [0.3, 0.4) is 0 Å². The summed E-state index contributed by atoms with van der Waals surface area (Å²) in [4.78, 5) is 7.39. The van der Waals surface area contributed by atoms with Crippen molar-refractivity contribution in [1.82, 2.24) is 15.6 Å². The van der Waals surface area contributed by atoms with E-state index in [2.05, 4.69) is 20.6 Å². The summed E-state index contributed by atoms with van der Waals surface area (Å²) >= 11 is 0. The number of fused-ring (bicyclic) bond motifs is 1. The molecule has 0 aliphatic carbocycles. The van der Waals surface area contributed by atoms with Crippen LogP contribution in [0.15, 0.2) is 47.6 Å². The third-order valence-electron chi connectivity index (χ3n) is 4.81. The molecular formula is C22H28FIN4O2. The fraction of sp³-hybridized carbons (Fsp3) is 0.318. The summed E-state index contributed by atoms with van der Waals surface area (Å²) in [6.45, 7) is 1.42. The van der Waals surface area contributed by atoms with Crippen LogP contribution in [0.1, 0.15) is 11.1 Å². The Hall–Kier alpha value is -2.49. The monoisotopic (exact) mass is 526 g/mol. The minimum absolute atomic E-state index is 0. The number of nitrogens with one attached hydrogen (secondary N) is 3. The van der Waals surface area contributed by atoms with Gasteiger partial charge in [0.1, 0.15) is 17.3 Å². The zero-order chi connectivity index (χ0) is 20.6. The highest BCUT2D eigenvalue weighted by atomic mass is 127. The van der Waals surface area contributed by atoms with Crippen LogP contribution in [-0.2, 0) is 12.8 Å². The Morgan fingerprint density at radius 3 is 2.40 bits per heavy atom. The molecule has 162 valence electrons. The number of nitrogens with zero attached hydrogens (tertiary/aromatic N) is 1. The van der Waals surface area contributed by atoms with Gasteiger partial charge in [-0.3, -0.25) is 4.99 Å². The molecule has 0 bridgehead atoms. The summed E-state index contributed by atoms with van der Waals surface area (Å²) in [7, 11) is 5.06. The second-order valence-corrected chi connectivity index (χ2v) is 6.61. The van der Waals surface area contributed by atoms with Gasteiger partial charge in [0, 0.05) is 37.2 Å². The Morgan fingerprint density at radius 2 is 1.73 bits per heavy atom. The quantitative estimate of drug-likeness (QED) is 0.237. The maximum Gasteiger partial charge on any atom is 0.190 e. The molecule has 3 rings (SSSR count). The predicted molar refractivity (Wildman–Crippen MR) is 130 cm³/mol. The number of halogens is 2. The molecular weight excluding hydrogens is 498 g/mol. The summed E-state index contributed by atoms with van der Waals surface area (Å²) < 4.78 is 24.0. The zero-order valence-corrected chi connectivity index (χ0v) is 19.8. The van der Waals surface area contributed by atoms with Gasteiger partial charge >= 0.3 is 0 Å². The molecule has 0 atom stereocenters. The first-order valence-corrected chi connectivity index (χ1v) is 9.55. The Morgan fingerprint density at radius 1 is 1.00 bits per heavy atom. The number of aromatic amines is 1. The van der Waals surface area contributed by atoms with Gasteiger partial charge in [-0.25, -0.2) is 4.39 Å². The molecule has 3 aromatic rings. The summed E-state index contributed by atoms with van der Waals surface area (Å²) in [6.07, 6.45) is 3.50. The molecule has 0 amide bonds. The molecule has 8 heteroatoms. The van der Waals surface area contributed by atoms with Crippen molar-refractivity contribution in [2.45, 2.75) is 12.8 Å². The fourth-order valence-corrected chi connectivity index (χ4v) is 3.29.